The molecule has 0 aliphatic rings. The van der Waals surface area contributed by atoms with E-state index in [0.717, 1.165) is 4.57 Å². The molecule has 0 bridgehead atoms. The maximum Gasteiger partial charge on any atom is 0.335 e. The van der Waals surface area contributed by atoms with E-state index in [-0.39, 0.29) is 12.2 Å². The Hall–Kier alpha value is -1.69. The first-order chi connectivity index (χ1) is 6.97. The molecule has 1 aromatic heterocycles. The van der Waals surface area contributed by atoms with Crippen LogP contribution in [0.3, 0.4) is 0 Å². The summed E-state index contributed by atoms with van der Waals surface area (Å²) in [5.74, 6) is -1.21. The second-order valence-corrected chi connectivity index (χ2v) is 3.36. The largest absolute Gasteiger partial charge is 0.396 e. The normalized spacial score (nSPS) is 12.5. The number of carbonyl (C=O) groups excluding carboxylic acids is 1. The van der Waals surface area contributed by atoms with Crippen LogP contribution in [0.1, 0.15) is 17.3 Å². The van der Waals surface area contributed by atoms with E-state index in [1.54, 1.807) is 0 Å². The van der Waals surface area contributed by atoms with Gasteiger partial charge in [-0.25, -0.2) is 9.36 Å². The Kier molecular flexibility index (Phi) is 3.21. The first-order valence-electron chi connectivity index (χ1n) is 4.45. The van der Waals surface area contributed by atoms with Gasteiger partial charge in [0, 0.05) is 11.8 Å². The van der Waals surface area contributed by atoms with Gasteiger partial charge in [0.25, 0.3) is 5.56 Å². The van der Waals surface area contributed by atoms with Gasteiger partial charge >= 0.3 is 5.69 Å². The molecule has 0 fully saturated rings. The van der Waals surface area contributed by atoms with Gasteiger partial charge in [-0.15, -0.1) is 0 Å². The van der Waals surface area contributed by atoms with Crippen molar-refractivity contribution in [1.29, 1.82) is 0 Å². The van der Waals surface area contributed by atoms with E-state index in [1.807, 2.05) is 4.98 Å². The predicted octanol–water partition coefficient (Wildman–Crippen LogP) is -0.886. The molecule has 0 saturated heterocycles. The summed E-state index contributed by atoms with van der Waals surface area (Å²) in [6.07, 6.45) is 1.18. The van der Waals surface area contributed by atoms with E-state index in [2.05, 4.69) is 0 Å². The van der Waals surface area contributed by atoms with Crippen molar-refractivity contribution in [1.82, 2.24) is 9.55 Å². The van der Waals surface area contributed by atoms with E-state index in [9.17, 15) is 14.4 Å². The van der Waals surface area contributed by atoms with Gasteiger partial charge in [0.05, 0.1) is 12.5 Å². The van der Waals surface area contributed by atoms with E-state index >= 15 is 0 Å². The van der Waals surface area contributed by atoms with Crippen molar-refractivity contribution in [2.75, 3.05) is 6.61 Å². The summed E-state index contributed by atoms with van der Waals surface area (Å²) in [4.78, 5) is 35.8. The topological polar surface area (TPSA) is 92.2 Å². The first kappa shape index (κ1) is 11.4. The maximum absolute atomic E-state index is 11.5. The fourth-order valence-corrected chi connectivity index (χ4v) is 1.05. The number of nitrogens with zero attached hydrogens (tertiary/aromatic N) is 1. The quantitative estimate of drug-likeness (QED) is 0.665. The van der Waals surface area contributed by atoms with Gasteiger partial charge < -0.3 is 5.11 Å². The van der Waals surface area contributed by atoms with Crippen LogP contribution in [0.4, 0.5) is 0 Å². The summed E-state index contributed by atoms with van der Waals surface area (Å²) in [5.41, 5.74) is -1.02. The Morgan fingerprint density at radius 3 is 2.73 bits per heavy atom. The van der Waals surface area contributed by atoms with Crippen LogP contribution >= 0.6 is 0 Å². The molecular formula is C9H12N2O4. The molecule has 1 aromatic rings. The van der Waals surface area contributed by atoms with E-state index in [0.29, 0.717) is 0 Å². The molecule has 0 amide bonds. The molecule has 6 nitrogen and oxygen atoms in total. The molecule has 1 unspecified atom stereocenters. The van der Waals surface area contributed by atoms with Gasteiger partial charge in [-0.3, -0.25) is 14.6 Å². The molecular weight excluding hydrogens is 200 g/mol. The van der Waals surface area contributed by atoms with Crippen LogP contribution in [0.15, 0.2) is 15.8 Å². The van der Waals surface area contributed by atoms with Gasteiger partial charge in [-0.05, 0) is 6.92 Å². The lowest BCUT2D eigenvalue weighted by atomic mass is 10.2. The van der Waals surface area contributed by atoms with E-state index in [1.165, 1.54) is 20.0 Å². The number of aliphatic hydroxyl groups excluding tert-OH is 1. The average molecular weight is 212 g/mol. The minimum absolute atomic E-state index is 0.271. The van der Waals surface area contributed by atoms with Gasteiger partial charge in [0.1, 0.15) is 0 Å². The van der Waals surface area contributed by atoms with Gasteiger partial charge in [-0.1, -0.05) is 6.92 Å². The van der Waals surface area contributed by atoms with E-state index < -0.39 is 23.1 Å². The highest BCUT2D eigenvalue weighted by Crippen LogP contribution is 1.97. The molecule has 1 atom stereocenters. The Balaban J connectivity index is 3.27. The number of aliphatic hydroxyl groups is 1. The third-order valence-corrected chi connectivity index (χ3v) is 2.05. The van der Waals surface area contributed by atoms with Crippen LogP contribution in [0.2, 0.25) is 0 Å². The van der Waals surface area contributed by atoms with E-state index in [4.69, 9.17) is 5.11 Å². The van der Waals surface area contributed by atoms with Gasteiger partial charge in [0.2, 0.25) is 5.91 Å². The Morgan fingerprint density at radius 1 is 1.60 bits per heavy atom. The minimum Gasteiger partial charge on any atom is -0.396 e. The summed E-state index contributed by atoms with van der Waals surface area (Å²) in [6, 6.07) is 0. The lowest BCUT2D eigenvalue weighted by Crippen LogP contribution is -2.37. The van der Waals surface area contributed by atoms with Crippen molar-refractivity contribution in [3.8, 4) is 0 Å². The van der Waals surface area contributed by atoms with Crippen molar-refractivity contribution in [3.05, 3.63) is 32.6 Å². The van der Waals surface area contributed by atoms with Crippen molar-refractivity contribution in [2.24, 2.45) is 5.92 Å². The molecule has 15 heavy (non-hydrogen) atoms. The highest BCUT2D eigenvalue weighted by atomic mass is 16.3. The zero-order valence-electron chi connectivity index (χ0n) is 8.48. The molecule has 0 spiro atoms. The minimum atomic E-state index is -0.782. The summed E-state index contributed by atoms with van der Waals surface area (Å²) in [6.45, 7) is 2.64. The number of H-pyrrole nitrogens is 1. The van der Waals surface area contributed by atoms with Crippen LogP contribution in [0, 0.1) is 12.8 Å². The number of hydrogen-bond donors (Lipinski definition) is 2. The number of aryl methyl sites for hydroxylation is 1. The summed E-state index contributed by atoms with van der Waals surface area (Å²) in [5, 5.41) is 8.77. The molecule has 0 saturated carbocycles. The fraction of sp³-hybridized carbons (Fsp3) is 0.444. The molecule has 0 aliphatic carbocycles. The van der Waals surface area contributed by atoms with Gasteiger partial charge in [-0.2, -0.15) is 0 Å². The number of aromatic nitrogens is 2. The third kappa shape index (κ3) is 2.21. The molecule has 82 valence electrons. The monoisotopic (exact) mass is 212 g/mol. The third-order valence-electron chi connectivity index (χ3n) is 2.05. The lowest BCUT2D eigenvalue weighted by Gasteiger charge is -2.08. The lowest BCUT2D eigenvalue weighted by molar-refractivity contribution is 0.0783. The second kappa shape index (κ2) is 4.22. The number of rotatable bonds is 2. The highest BCUT2D eigenvalue weighted by Gasteiger charge is 2.15. The fourth-order valence-electron chi connectivity index (χ4n) is 1.05. The molecule has 0 aliphatic heterocycles. The highest BCUT2D eigenvalue weighted by molar-refractivity contribution is 5.80. The second-order valence-electron chi connectivity index (χ2n) is 3.36. The Bertz CT molecular complexity index is 486. The standard InChI is InChI=1S/C9H12N2O4/c1-5-3-11(8(14)6(2)4-12)9(15)10-7(5)13/h3,6,12H,4H2,1-2H3,(H,10,13,15). The van der Waals surface area contributed by atoms with Crippen molar-refractivity contribution >= 4 is 5.91 Å². The molecule has 0 aromatic carbocycles. The number of hydrogen-bond acceptors (Lipinski definition) is 4. The molecule has 0 radical (unpaired) electrons. The van der Waals surface area contributed by atoms with Crippen LogP contribution in [-0.2, 0) is 0 Å². The Labute approximate surface area is 85.2 Å². The smallest absolute Gasteiger partial charge is 0.335 e. The maximum atomic E-state index is 11.5. The summed E-state index contributed by atoms with van der Waals surface area (Å²) < 4.78 is 0.803. The SMILES string of the molecule is Cc1cn(C(=O)C(C)CO)c(=O)[nH]c1=O. The van der Waals surface area contributed by atoms with Crippen LogP contribution < -0.4 is 11.2 Å². The zero-order chi connectivity index (χ0) is 11.6. The molecule has 1 heterocycles. The molecule has 1 rings (SSSR count). The van der Waals surface area contributed by atoms with Crippen molar-refractivity contribution < 1.29 is 9.90 Å². The summed E-state index contributed by atoms with van der Waals surface area (Å²) in [7, 11) is 0. The summed E-state index contributed by atoms with van der Waals surface area (Å²) >= 11 is 0. The van der Waals surface area contributed by atoms with Crippen molar-refractivity contribution in [2.45, 2.75) is 13.8 Å². The number of aromatic amines is 1. The van der Waals surface area contributed by atoms with Crippen LogP contribution in [-0.4, -0.2) is 27.2 Å². The van der Waals surface area contributed by atoms with Gasteiger partial charge in [0.15, 0.2) is 0 Å². The van der Waals surface area contributed by atoms with Crippen LogP contribution in [0.25, 0.3) is 0 Å². The average Bonchev–Trinajstić information content (AvgIpc) is 2.21. The first-order valence-corrected chi connectivity index (χ1v) is 4.45. The Morgan fingerprint density at radius 2 is 2.20 bits per heavy atom. The molecule has 6 heteroatoms. The predicted molar refractivity (Wildman–Crippen MR) is 52.9 cm³/mol. The van der Waals surface area contributed by atoms with Crippen molar-refractivity contribution in [3.63, 3.8) is 0 Å². The number of carbonyl (C=O) groups is 1. The molecule has 2 N–H and O–H groups in total. The van der Waals surface area contributed by atoms with Crippen LogP contribution in [0.5, 0.6) is 0 Å². The number of nitrogens with one attached hydrogen (secondary N) is 1. The zero-order valence-corrected chi connectivity index (χ0v) is 8.48.